The predicted octanol–water partition coefficient (Wildman–Crippen LogP) is 3.86. The van der Waals surface area contributed by atoms with E-state index in [2.05, 4.69) is 20.7 Å². The minimum Gasteiger partial charge on any atom is -0.493 e. The molecule has 0 heterocycles. The van der Waals surface area contributed by atoms with Gasteiger partial charge in [0.25, 0.3) is 0 Å². The summed E-state index contributed by atoms with van der Waals surface area (Å²) in [5, 5.41) is 0. The van der Waals surface area contributed by atoms with Crippen molar-refractivity contribution in [2.24, 2.45) is 11.1 Å². The van der Waals surface area contributed by atoms with Crippen LogP contribution in [0.2, 0.25) is 0 Å². The molecule has 1 aromatic rings. The van der Waals surface area contributed by atoms with Crippen molar-refractivity contribution in [3.63, 3.8) is 0 Å². The molecule has 1 aliphatic carbocycles. The van der Waals surface area contributed by atoms with E-state index in [-0.39, 0.29) is 15.6 Å². The van der Waals surface area contributed by atoms with Crippen LogP contribution in [0.3, 0.4) is 0 Å². The van der Waals surface area contributed by atoms with Crippen molar-refractivity contribution in [3.05, 3.63) is 22.7 Å². The van der Waals surface area contributed by atoms with Crippen LogP contribution in [0.15, 0.2) is 22.7 Å². The summed E-state index contributed by atoms with van der Waals surface area (Å²) in [6.07, 6.45) is -1.63. The van der Waals surface area contributed by atoms with Crippen molar-refractivity contribution >= 4 is 15.9 Å². The van der Waals surface area contributed by atoms with Crippen molar-refractivity contribution < 1.29 is 22.6 Å². The number of rotatable bonds is 6. The number of ether oxygens (including phenoxy) is 2. The zero-order chi connectivity index (χ0) is 14.8. The van der Waals surface area contributed by atoms with Crippen LogP contribution in [0.5, 0.6) is 11.5 Å². The number of nitrogens with two attached hydrogens (primary N) is 1. The number of benzene rings is 1. The molecular weight excluding hydrogens is 339 g/mol. The Hall–Kier alpha value is -0.950. The highest BCUT2D eigenvalue weighted by Crippen LogP contribution is 2.48. The summed E-state index contributed by atoms with van der Waals surface area (Å²) in [5.74, 6) is 0.225. The molecule has 0 amide bonds. The van der Waals surface area contributed by atoms with Crippen molar-refractivity contribution in [2.45, 2.75) is 25.6 Å². The lowest BCUT2D eigenvalue weighted by Gasteiger charge is -2.16. The van der Waals surface area contributed by atoms with Gasteiger partial charge in [-0.05, 0) is 59.9 Å². The molecule has 20 heavy (non-hydrogen) atoms. The largest absolute Gasteiger partial charge is 0.573 e. The Morgan fingerprint density at radius 3 is 2.50 bits per heavy atom. The first-order valence-corrected chi connectivity index (χ1v) is 7.01. The van der Waals surface area contributed by atoms with Crippen molar-refractivity contribution in [1.29, 1.82) is 0 Å². The molecular formula is C13H15BrF3NO2. The molecule has 0 bridgehead atoms. The van der Waals surface area contributed by atoms with Crippen LogP contribution in [0, 0.1) is 5.41 Å². The number of alkyl halides is 3. The number of hydrogen-bond acceptors (Lipinski definition) is 3. The summed E-state index contributed by atoms with van der Waals surface area (Å²) in [5.41, 5.74) is 5.70. The smallest absolute Gasteiger partial charge is 0.493 e. The third kappa shape index (κ3) is 4.28. The Morgan fingerprint density at radius 1 is 1.30 bits per heavy atom. The monoisotopic (exact) mass is 353 g/mol. The summed E-state index contributed by atoms with van der Waals surface area (Å²) >= 11 is 3.04. The van der Waals surface area contributed by atoms with Crippen LogP contribution >= 0.6 is 15.9 Å². The van der Waals surface area contributed by atoms with Gasteiger partial charge in [-0.25, -0.2) is 0 Å². The van der Waals surface area contributed by atoms with Gasteiger partial charge >= 0.3 is 6.36 Å². The molecule has 112 valence electrons. The van der Waals surface area contributed by atoms with Crippen molar-refractivity contribution in [3.8, 4) is 11.5 Å². The van der Waals surface area contributed by atoms with Crippen molar-refractivity contribution in [2.75, 3.05) is 13.2 Å². The van der Waals surface area contributed by atoms with Gasteiger partial charge in [0.05, 0.1) is 11.1 Å². The molecule has 2 rings (SSSR count). The van der Waals surface area contributed by atoms with Gasteiger partial charge in [0.2, 0.25) is 0 Å². The topological polar surface area (TPSA) is 44.5 Å². The van der Waals surface area contributed by atoms with E-state index in [1.807, 2.05) is 0 Å². The van der Waals surface area contributed by atoms with E-state index >= 15 is 0 Å². The standard InChI is InChI=1S/C13H15BrF3NO2/c14-10-7-9(1-2-11(10)20-13(15,16)17)19-8-12(3-4-12)5-6-18/h1-2,7H,3-6,8,18H2. The van der Waals surface area contributed by atoms with E-state index < -0.39 is 6.36 Å². The molecule has 0 aliphatic heterocycles. The Morgan fingerprint density at radius 2 is 2.00 bits per heavy atom. The first-order chi connectivity index (χ1) is 9.34. The second-order valence-electron chi connectivity index (χ2n) is 4.97. The molecule has 1 aromatic carbocycles. The normalized spacial score (nSPS) is 16.9. The molecule has 2 N–H and O–H groups in total. The zero-order valence-corrected chi connectivity index (χ0v) is 12.3. The second-order valence-corrected chi connectivity index (χ2v) is 5.82. The summed E-state index contributed by atoms with van der Waals surface area (Å²) in [4.78, 5) is 0. The average Bonchev–Trinajstić information content (AvgIpc) is 3.09. The van der Waals surface area contributed by atoms with E-state index in [0.717, 1.165) is 19.3 Å². The minimum absolute atomic E-state index is 0.155. The number of halogens is 4. The average molecular weight is 354 g/mol. The molecule has 1 fully saturated rings. The molecule has 0 saturated heterocycles. The molecule has 0 radical (unpaired) electrons. The van der Waals surface area contributed by atoms with E-state index in [4.69, 9.17) is 10.5 Å². The maximum Gasteiger partial charge on any atom is 0.573 e. The third-order valence-corrected chi connectivity index (χ3v) is 3.93. The molecule has 7 heteroatoms. The van der Waals surface area contributed by atoms with Gasteiger partial charge in [-0.15, -0.1) is 13.2 Å². The van der Waals surface area contributed by atoms with E-state index in [1.165, 1.54) is 18.2 Å². The quantitative estimate of drug-likeness (QED) is 0.844. The summed E-state index contributed by atoms with van der Waals surface area (Å²) < 4.78 is 46.1. The maximum atomic E-state index is 12.1. The molecule has 0 unspecified atom stereocenters. The molecule has 3 nitrogen and oxygen atoms in total. The lowest BCUT2D eigenvalue weighted by atomic mass is 10.0. The second kappa shape index (κ2) is 5.81. The van der Waals surface area contributed by atoms with Crippen LogP contribution in [0.25, 0.3) is 0 Å². The van der Waals surface area contributed by atoms with Crippen LogP contribution < -0.4 is 15.2 Å². The molecule has 1 saturated carbocycles. The van der Waals surface area contributed by atoms with Gasteiger partial charge in [-0.1, -0.05) is 0 Å². The fourth-order valence-electron chi connectivity index (χ4n) is 1.96. The highest BCUT2D eigenvalue weighted by molar-refractivity contribution is 9.10. The fraction of sp³-hybridized carbons (Fsp3) is 0.538. The van der Waals surface area contributed by atoms with Crippen LogP contribution in [0.4, 0.5) is 13.2 Å². The summed E-state index contributed by atoms with van der Waals surface area (Å²) in [6, 6.07) is 4.17. The van der Waals surface area contributed by atoms with Crippen LogP contribution in [-0.4, -0.2) is 19.5 Å². The molecule has 0 spiro atoms. The lowest BCUT2D eigenvalue weighted by molar-refractivity contribution is -0.274. The summed E-state index contributed by atoms with van der Waals surface area (Å²) in [6.45, 7) is 1.15. The third-order valence-electron chi connectivity index (χ3n) is 3.31. The Balaban J connectivity index is 1.95. The van der Waals surface area contributed by atoms with Gasteiger partial charge < -0.3 is 15.2 Å². The first kappa shape index (κ1) is 15.4. The zero-order valence-electron chi connectivity index (χ0n) is 10.7. The van der Waals surface area contributed by atoms with E-state index in [0.29, 0.717) is 18.9 Å². The van der Waals surface area contributed by atoms with Crippen molar-refractivity contribution in [1.82, 2.24) is 0 Å². The van der Waals surface area contributed by atoms with E-state index in [1.54, 1.807) is 0 Å². The minimum atomic E-state index is -4.70. The highest BCUT2D eigenvalue weighted by Gasteiger charge is 2.42. The fourth-order valence-corrected chi connectivity index (χ4v) is 2.40. The molecule has 0 aromatic heterocycles. The van der Waals surface area contributed by atoms with Gasteiger partial charge in [-0.2, -0.15) is 0 Å². The van der Waals surface area contributed by atoms with Gasteiger partial charge in [0, 0.05) is 5.41 Å². The maximum absolute atomic E-state index is 12.1. The Kier molecular flexibility index (Phi) is 4.49. The highest BCUT2D eigenvalue weighted by atomic mass is 79.9. The predicted molar refractivity (Wildman–Crippen MR) is 71.7 cm³/mol. The van der Waals surface area contributed by atoms with Gasteiger partial charge in [0.15, 0.2) is 0 Å². The van der Waals surface area contributed by atoms with Gasteiger partial charge in [0.1, 0.15) is 11.5 Å². The van der Waals surface area contributed by atoms with Gasteiger partial charge in [-0.3, -0.25) is 0 Å². The van der Waals surface area contributed by atoms with E-state index in [9.17, 15) is 13.2 Å². The lowest BCUT2D eigenvalue weighted by Crippen LogP contribution is -2.18. The summed E-state index contributed by atoms with van der Waals surface area (Å²) in [7, 11) is 0. The Labute approximate surface area is 123 Å². The SMILES string of the molecule is NCCC1(COc2ccc(OC(F)(F)F)c(Br)c2)CC1. The van der Waals surface area contributed by atoms with Crippen LogP contribution in [0.1, 0.15) is 19.3 Å². The van der Waals surface area contributed by atoms with Crippen LogP contribution in [-0.2, 0) is 0 Å². The number of hydrogen-bond donors (Lipinski definition) is 1. The molecule has 0 atom stereocenters. The first-order valence-electron chi connectivity index (χ1n) is 6.22. The Bertz CT molecular complexity index is 475. The molecule has 1 aliphatic rings.